The summed E-state index contributed by atoms with van der Waals surface area (Å²) < 4.78 is 17.7. The predicted octanol–water partition coefficient (Wildman–Crippen LogP) is 6.59. The molecule has 1 atom stereocenters. The molecule has 0 saturated heterocycles. The Bertz CT molecular complexity index is 1390. The molecule has 6 nitrogen and oxygen atoms in total. The van der Waals surface area contributed by atoms with Crippen LogP contribution in [0.4, 0.5) is 0 Å². The lowest BCUT2D eigenvalue weighted by molar-refractivity contribution is -0.139. The van der Waals surface area contributed by atoms with Crippen LogP contribution in [0.2, 0.25) is 0 Å². The third-order valence-electron chi connectivity index (χ3n) is 6.16. The van der Waals surface area contributed by atoms with E-state index in [-0.39, 0.29) is 12.0 Å². The highest BCUT2D eigenvalue weighted by molar-refractivity contribution is 8.16. The van der Waals surface area contributed by atoms with E-state index in [2.05, 4.69) is 29.3 Å². The lowest BCUT2D eigenvalue weighted by atomic mass is 9.94. The summed E-state index contributed by atoms with van der Waals surface area (Å²) in [4.78, 5) is 19.6. The van der Waals surface area contributed by atoms with Crippen molar-refractivity contribution >= 4 is 33.7 Å². The highest BCUT2D eigenvalue weighted by Crippen LogP contribution is 2.43. The maximum absolute atomic E-state index is 13.0. The van der Waals surface area contributed by atoms with Gasteiger partial charge in [-0.15, -0.1) is 0 Å². The molecule has 0 radical (unpaired) electrons. The first-order valence-corrected chi connectivity index (χ1v) is 12.9. The molecular weight excluding hydrogens is 472 g/mol. The van der Waals surface area contributed by atoms with Gasteiger partial charge in [0.15, 0.2) is 16.7 Å². The molecule has 0 N–H and O–H groups in total. The normalized spacial score (nSPS) is 16.7. The number of carbonyl (C=O) groups excluding carboxylic acids is 1. The van der Waals surface area contributed by atoms with E-state index in [1.54, 1.807) is 6.92 Å². The third kappa shape index (κ3) is 4.58. The maximum atomic E-state index is 13.0. The van der Waals surface area contributed by atoms with Gasteiger partial charge in [-0.25, -0.2) is 9.79 Å². The van der Waals surface area contributed by atoms with Gasteiger partial charge in [-0.05, 0) is 60.2 Å². The second-order valence-electron chi connectivity index (χ2n) is 8.39. The van der Waals surface area contributed by atoms with Gasteiger partial charge in [-0.3, -0.25) is 0 Å². The number of hydrogen-bond donors (Lipinski definition) is 0. The number of carbonyl (C=O) groups is 1. The Balaban J connectivity index is 1.48. The van der Waals surface area contributed by atoms with Gasteiger partial charge in [0, 0.05) is 6.20 Å². The number of aliphatic imine (C=N–C) groups is 1. The van der Waals surface area contributed by atoms with E-state index >= 15 is 0 Å². The zero-order chi connectivity index (χ0) is 25.1. The number of allylic oxidation sites excluding steroid dienone is 1. The van der Waals surface area contributed by atoms with Crippen molar-refractivity contribution in [1.82, 2.24) is 4.90 Å². The van der Waals surface area contributed by atoms with Crippen molar-refractivity contribution in [3.05, 3.63) is 94.7 Å². The molecule has 2 aliphatic rings. The Morgan fingerprint density at radius 1 is 1.00 bits per heavy atom. The third-order valence-corrected chi connectivity index (χ3v) is 6.93. The minimum Gasteiger partial charge on any atom is -0.490 e. The largest absolute Gasteiger partial charge is 0.490 e. The summed E-state index contributed by atoms with van der Waals surface area (Å²) in [6, 6.07) is 20.0. The summed E-state index contributed by atoms with van der Waals surface area (Å²) in [5.41, 5.74) is 3.20. The quantitative estimate of drug-likeness (QED) is 0.325. The van der Waals surface area contributed by atoms with E-state index in [0.29, 0.717) is 42.6 Å². The number of nitrogens with zero attached hydrogens (tertiary/aromatic N) is 2. The van der Waals surface area contributed by atoms with Crippen LogP contribution in [0.3, 0.4) is 0 Å². The van der Waals surface area contributed by atoms with Gasteiger partial charge in [-0.1, -0.05) is 60.3 Å². The molecule has 7 heteroatoms. The molecule has 0 bridgehead atoms. The van der Waals surface area contributed by atoms with Crippen molar-refractivity contribution in [3.63, 3.8) is 0 Å². The fraction of sp³-hybridized carbons (Fsp3) is 0.241. The molecule has 0 spiro atoms. The average molecular weight is 501 g/mol. The van der Waals surface area contributed by atoms with Gasteiger partial charge < -0.3 is 19.1 Å². The topological polar surface area (TPSA) is 60.4 Å². The van der Waals surface area contributed by atoms with Gasteiger partial charge in [0.1, 0.15) is 6.61 Å². The molecule has 2 aliphatic heterocycles. The average Bonchev–Trinajstić information content (AvgIpc) is 3.35. The van der Waals surface area contributed by atoms with Crippen LogP contribution in [0.5, 0.6) is 11.5 Å². The Morgan fingerprint density at radius 3 is 2.67 bits per heavy atom. The van der Waals surface area contributed by atoms with E-state index < -0.39 is 0 Å². The van der Waals surface area contributed by atoms with Crippen LogP contribution in [0.25, 0.3) is 10.8 Å². The van der Waals surface area contributed by atoms with Crippen molar-refractivity contribution in [2.24, 2.45) is 4.99 Å². The number of thioether (sulfide) groups is 1. The van der Waals surface area contributed by atoms with Crippen molar-refractivity contribution in [2.75, 3.05) is 13.2 Å². The Hall–Kier alpha value is -3.71. The maximum Gasteiger partial charge on any atom is 0.338 e. The predicted molar refractivity (Wildman–Crippen MR) is 144 cm³/mol. The fourth-order valence-electron chi connectivity index (χ4n) is 4.55. The smallest absolute Gasteiger partial charge is 0.338 e. The van der Waals surface area contributed by atoms with Crippen molar-refractivity contribution in [1.29, 1.82) is 0 Å². The molecule has 0 fully saturated rings. The lowest BCUT2D eigenvalue weighted by Crippen LogP contribution is -2.34. The standard InChI is InChI=1S/C29H28N2O4S/c1-4-33-25-17-21(27-26(28(32)34-5-2)19(3)30-29-31(27)15-16-36-29)13-14-24(25)35-18-22-11-8-10-20-9-6-7-12-23(20)22/h6-17,27H,4-5,18H2,1-3H3/t27-/m1/s1. The van der Waals surface area contributed by atoms with Crippen LogP contribution in [-0.4, -0.2) is 29.3 Å². The minimum absolute atomic E-state index is 0.300. The van der Waals surface area contributed by atoms with E-state index in [1.165, 1.54) is 22.5 Å². The molecule has 5 rings (SSSR count). The zero-order valence-corrected chi connectivity index (χ0v) is 21.4. The van der Waals surface area contributed by atoms with E-state index in [1.807, 2.05) is 66.8 Å². The first-order valence-electron chi connectivity index (χ1n) is 12.0. The highest BCUT2D eigenvalue weighted by atomic mass is 32.2. The summed E-state index contributed by atoms with van der Waals surface area (Å²) in [5.74, 6) is 0.932. The van der Waals surface area contributed by atoms with Gasteiger partial charge in [0.2, 0.25) is 0 Å². The van der Waals surface area contributed by atoms with Gasteiger partial charge in [0.25, 0.3) is 0 Å². The molecule has 0 aliphatic carbocycles. The molecule has 0 aromatic heterocycles. The van der Waals surface area contributed by atoms with Gasteiger partial charge in [-0.2, -0.15) is 0 Å². The number of ether oxygens (including phenoxy) is 3. The van der Waals surface area contributed by atoms with Crippen LogP contribution < -0.4 is 9.47 Å². The van der Waals surface area contributed by atoms with Crippen LogP contribution in [0, 0.1) is 0 Å². The number of fused-ring (bicyclic) bond motifs is 2. The van der Waals surface area contributed by atoms with E-state index in [4.69, 9.17) is 14.2 Å². The molecule has 36 heavy (non-hydrogen) atoms. The molecule has 3 aromatic rings. The first-order chi connectivity index (χ1) is 17.6. The molecule has 184 valence electrons. The van der Waals surface area contributed by atoms with Gasteiger partial charge in [0.05, 0.1) is 30.5 Å². The number of esters is 1. The van der Waals surface area contributed by atoms with Crippen LogP contribution in [0.1, 0.15) is 37.9 Å². The molecule has 2 heterocycles. The molecule has 0 amide bonds. The van der Waals surface area contributed by atoms with E-state index in [0.717, 1.165) is 16.3 Å². The summed E-state index contributed by atoms with van der Waals surface area (Å²) in [6.45, 7) is 6.81. The Morgan fingerprint density at radius 2 is 1.83 bits per heavy atom. The monoisotopic (exact) mass is 500 g/mol. The van der Waals surface area contributed by atoms with Crippen molar-refractivity contribution < 1.29 is 19.0 Å². The number of hydrogen-bond acceptors (Lipinski definition) is 7. The van der Waals surface area contributed by atoms with Crippen LogP contribution in [-0.2, 0) is 16.1 Å². The highest BCUT2D eigenvalue weighted by Gasteiger charge is 2.37. The number of rotatable bonds is 8. The fourth-order valence-corrected chi connectivity index (χ4v) is 5.35. The summed E-state index contributed by atoms with van der Waals surface area (Å²) >= 11 is 1.53. The lowest BCUT2D eigenvalue weighted by Gasteiger charge is -2.33. The molecule has 0 saturated carbocycles. The molecule has 3 aromatic carbocycles. The summed E-state index contributed by atoms with van der Waals surface area (Å²) in [5, 5.41) is 5.15. The zero-order valence-electron chi connectivity index (χ0n) is 20.6. The van der Waals surface area contributed by atoms with Gasteiger partial charge >= 0.3 is 5.97 Å². The Kier molecular flexibility index (Phi) is 7.00. The van der Waals surface area contributed by atoms with E-state index in [9.17, 15) is 4.79 Å². The second kappa shape index (κ2) is 10.5. The minimum atomic E-state index is -0.367. The van der Waals surface area contributed by atoms with Crippen LogP contribution >= 0.6 is 11.8 Å². The number of benzene rings is 3. The number of amidine groups is 1. The molecular formula is C29H28N2O4S. The van der Waals surface area contributed by atoms with Crippen molar-refractivity contribution in [2.45, 2.75) is 33.4 Å². The van der Waals surface area contributed by atoms with Crippen LogP contribution in [0.15, 0.2) is 88.5 Å². The summed E-state index contributed by atoms with van der Waals surface area (Å²) in [6.07, 6.45) is 1.95. The first kappa shape index (κ1) is 24.0. The summed E-state index contributed by atoms with van der Waals surface area (Å²) in [7, 11) is 0. The Labute approximate surface area is 215 Å². The van der Waals surface area contributed by atoms with Crippen molar-refractivity contribution in [3.8, 4) is 11.5 Å². The second-order valence-corrected chi connectivity index (χ2v) is 9.27. The molecule has 0 unspecified atom stereocenters. The SMILES string of the molecule is CCOC(=O)C1=C(C)N=C2SC=CN2[C@@H]1c1ccc(OCc2cccc3ccccc23)c(OCC)c1.